The molecule has 1 fully saturated rings. The zero-order chi connectivity index (χ0) is 24.9. The summed E-state index contributed by atoms with van der Waals surface area (Å²) >= 11 is 0. The molecule has 1 aliphatic rings. The highest BCUT2D eigenvalue weighted by Crippen LogP contribution is 2.25. The van der Waals surface area contributed by atoms with Crippen LogP contribution in [0, 0.1) is 11.3 Å². The lowest BCUT2D eigenvalue weighted by Gasteiger charge is -2.35. The molecular weight excluding hydrogens is 517 g/mol. The van der Waals surface area contributed by atoms with Crippen LogP contribution in [0.5, 0.6) is 0 Å². The minimum Gasteiger partial charge on any atom is -0.336 e. The number of piperazine rings is 1. The maximum absolute atomic E-state index is 13.5. The minimum absolute atomic E-state index is 0. The van der Waals surface area contributed by atoms with Gasteiger partial charge in [-0.05, 0) is 46.5 Å². The molecule has 4 aromatic rings. The molecule has 1 aromatic heterocycles. The average molecular weight is 551 g/mol. The van der Waals surface area contributed by atoms with E-state index in [-0.39, 0.29) is 30.7 Å². The van der Waals surface area contributed by atoms with E-state index in [4.69, 9.17) is 5.26 Å². The molecule has 198 valence electrons. The van der Waals surface area contributed by atoms with Gasteiger partial charge in [0.15, 0.2) is 0 Å². The van der Waals surface area contributed by atoms with Gasteiger partial charge in [0.1, 0.15) is 0 Å². The van der Waals surface area contributed by atoms with Crippen molar-refractivity contribution in [3.63, 3.8) is 0 Å². The Morgan fingerprint density at radius 2 is 1.63 bits per heavy atom. The highest BCUT2D eigenvalue weighted by Gasteiger charge is 2.24. The second kappa shape index (κ2) is 13.4. The predicted molar refractivity (Wildman–Crippen MR) is 156 cm³/mol. The molecule has 0 bridgehead atoms. The largest absolute Gasteiger partial charge is 0.336 e. The van der Waals surface area contributed by atoms with E-state index in [1.165, 1.54) is 10.9 Å². The molecule has 6 nitrogen and oxygen atoms in total. The van der Waals surface area contributed by atoms with Crippen molar-refractivity contribution in [2.45, 2.75) is 32.9 Å². The number of amides is 1. The highest BCUT2D eigenvalue weighted by molar-refractivity contribution is 6.07. The molecule has 1 amide bonds. The summed E-state index contributed by atoms with van der Waals surface area (Å²) in [4.78, 5) is 22.2. The van der Waals surface area contributed by atoms with Gasteiger partial charge in [0.25, 0.3) is 5.91 Å². The molecule has 2 heterocycles. The number of carbonyl (C=O) groups excluding carboxylic acids is 1. The Hall–Kier alpha value is -3.37. The standard InChI is InChI=1S/C30H31N5O.2ClH/c1-2-5-25-6-3-8-28-27(25)7-4-9-29(28)30(36)34-16-14-33(15-17-34)21-26-19-32-22-35(26)20-24-12-10-23(18-31)11-13-24;;/h3-4,6-13,19,22H,2,5,14-17,20-21H2,1H3;2*1H. The molecule has 0 radical (unpaired) electrons. The number of hydrogen-bond donors (Lipinski definition) is 0. The molecule has 38 heavy (non-hydrogen) atoms. The van der Waals surface area contributed by atoms with Crippen LogP contribution in [-0.2, 0) is 19.5 Å². The summed E-state index contributed by atoms with van der Waals surface area (Å²) in [6.07, 6.45) is 5.90. The first-order valence-corrected chi connectivity index (χ1v) is 12.7. The Kier molecular flexibility index (Phi) is 10.3. The Morgan fingerprint density at radius 3 is 2.34 bits per heavy atom. The van der Waals surface area contributed by atoms with E-state index in [1.807, 2.05) is 53.8 Å². The lowest BCUT2D eigenvalue weighted by molar-refractivity contribution is 0.0627. The fourth-order valence-electron chi connectivity index (χ4n) is 5.06. The number of nitrogens with zero attached hydrogens (tertiary/aromatic N) is 5. The SMILES string of the molecule is CCCc1cccc2c(C(=O)N3CCN(Cc4cncn4Cc4ccc(C#N)cc4)CC3)cccc12.Cl.Cl. The average Bonchev–Trinajstić information content (AvgIpc) is 3.35. The third kappa shape index (κ3) is 6.36. The van der Waals surface area contributed by atoms with Crippen LogP contribution in [0.4, 0.5) is 0 Å². The Morgan fingerprint density at radius 1 is 0.921 bits per heavy atom. The van der Waals surface area contributed by atoms with Crippen LogP contribution >= 0.6 is 24.8 Å². The summed E-state index contributed by atoms with van der Waals surface area (Å²) in [5.74, 6) is 0.125. The van der Waals surface area contributed by atoms with E-state index in [0.29, 0.717) is 18.7 Å². The third-order valence-corrected chi connectivity index (χ3v) is 7.04. The van der Waals surface area contributed by atoms with Crippen molar-refractivity contribution in [2.24, 2.45) is 0 Å². The number of rotatable bonds is 7. The van der Waals surface area contributed by atoms with Gasteiger partial charge in [0.05, 0.1) is 23.7 Å². The number of fused-ring (bicyclic) bond motifs is 1. The number of imidazole rings is 1. The van der Waals surface area contributed by atoms with Gasteiger partial charge in [-0.25, -0.2) is 4.98 Å². The van der Waals surface area contributed by atoms with Crippen LogP contribution < -0.4 is 0 Å². The normalized spacial score (nSPS) is 13.4. The Bertz CT molecular complexity index is 1400. The molecule has 0 aliphatic carbocycles. The van der Waals surface area contributed by atoms with E-state index in [1.54, 1.807) is 0 Å². The molecule has 0 atom stereocenters. The van der Waals surface area contributed by atoms with Gasteiger partial charge in [-0.15, -0.1) is 24.8 Å². The first-order chi connectivity index (χ1) is 17.7. The summed E-state index contributed by atoms with van der Waals surface area (Å²) in [5.41, 5.74) is 5.07. The van der Waals surface area contributed by atoms with Crippen molar-refractivity contribution < 1.29 is 4.79 Å². The predicted octanol–water partition coefficient (Wildman–Crippen LogP) is 5.71. The molecule has 8 heteroatoms. The van der Waals surface area contributed by atoms with Gasteiger partial charge in [0.2, 0.25) is 0 Å². The van der Waals surface area contributed by atoms with Crippen LogP contribution in [0.3, 0.4) is 0 Å². The molecule has 1 aliphatic heterocycles. The summed E-state index contributed by atoms with van der Waals surface area (Å²) < 4.78 is 2.16. The number of aromatic nitrogens is 2. The highest BCUT2D eigenvalue weighted by atomic mass is 35.5. The maximum Gasteiger partial charge on any atom is 0.254 e. The van der Waals surface area contributed by atoms with Crippen molar-refractivity contribution in [2.75, 3.05) is 26.2 Å². The topological polar surface area (TPSA) is 65.2 Å². The molecular formula is C30H33Cl2N5O. The zero-order valence-corrected chi connectivity index (χ0v) is 23.2. The van der Waals surface area contributed by atoms with Crippen LogP contribution in [-0.4, -0.2) is 51.4 Å². The summed E-state index contributed by atoms with van der Waals surface area (Å²) in [7, 11) is 0. The smallest absolute Gasteiger partial charge is 0.254 e. The Balaban J connectivity index is 0.00000200. The number of carbonyl (C=O) groups is 1. The van der Waals surface area contributed by atoms with E-state index in [9.17, 15) is 4.79 Å². The van der Waals surface area contributed by atoms with Gasteiger partial charge >= 0.3 is 0 Å². The number of benzene rings is 3. The summed E-state index contributed by atoms with van der Waals surface area (Å²) in [5, 5.41) is 11.3. The van der Waals surface area contributed by atoms with E-state index < -0.39 is 0 Å². The van der Waals surface area contributed by atoms with Gasteiger partial charge in [-0.2, -0.15) is 5.26 Å². The monoisotopic (exact) mass is 549 g/mol. The number of hydrogen-bond acceptors (Lipinski definition) is 4. The third-order valence-electron chi connectivity index (χ3n) is 7.04. The molecule has 0 unspecified atom stereocenters. The second-order valence-corrected chi connectivity index (χ2v) is 9.46. The van der Waals surface area contributed by atoms with Crippen LogP contribution in [0.2, 0.25) is 0 Å². The Labute approximate surface area is 236 Å². The minimum atomic E-state index is 0. The van der Waals surface area contributed by atoms with Crippen molar-refractivity contribution in [3.8, 4) is 6.07 Å². The van der Waals surface area contributed by atoms with E-state index in [0.717, 1.165) is 61.2 Å². The first-order valence-electron chi connectivity index (χ1n) is 12.7. The molecule has 5 rings (SSSR count). The number of nitriles is 1. The lowest BCUT2D eigenvalue weighted by atomic mass is 9.97. The fourth-order valence-corrected chi connectivity index (χ4v) is 5.06. The van der Waals surface area contributed by atoms with Crippen LogP contribution in [0.15, 0.2) is 73.2 Å². The van der Waals surface area contributed by atoms with Crippen molar-refractivity contribution in [3.05, 3.63) is 101 Å². The summed E-state index contributed by atoms with van der Waals surface area (Å²) in [6.45, 7) is 6.81. The molecule has 3 aromatic carbocycles. The number of halogens is 2. The van der Waals surface area contributed by atoms with Crippen molar-refractivity contribution in [1.29, 1.82) is 5.26 Å². The first kappa shape index (κ1) is 29.2. The molecule has 1 saturated heterocycles. The molecule has 0 N–H and O–H groups in total. The molecule has 0 spiro atoms. The van der Waals surface area contributed by atoms with Crippen LogP contribution in [0.25, 0.3) is 10.8 Å². The zero-order valence-electron chi connectivity index (χ0n) is 21.5. The number of aryl methyl sites for hydroxylation is 1. The van der Waals surface area contributed by atoms with Gasteiger partial charge in [-0.1, -0.05) is 55.8 Å². The molecule has 0 saturated carbocycles. The van der Waals surface area contributed by atoms with E-state index >= 15 is 0 Å². The van der Waals surface area contributed by atoms with Gasteiger partial charge in [-0.3, -0.25) is 9.69 Å². The quantitative estimate of drug-likeness (QED) is 0.296. The maximum atomic E-state index is 13.5. The second-order valence-electron chi connectivity index (χ2n) is 9.46. The van der Waals surface area contributed by atoms with Crippen molar-refractivity contribution >= 4 is 41.5 Å². The van der Waals surface area contributed by atoms with E-state index in [2.05, 4.69) is 51.7 Å². The summed E-state index contributed by atoms with van der Waals surface area (Å²) in [6, 6.07) is 22.3. The van der Waals surface area contributed by atoms with Gasteiger partial charge in [0, 0.05) is 51.0 Å². The van der Waals surface area contributed by atoms with Gasteiger partial charge < -0.3 is 9.47 Å². The van der Waals surface area contributed by atoms with Crippen LogP contribution in [0.1, 0.15) is 46.1 Å². The lowest BCUT2D eigenvalue weighted by Crippen LogP contribution is -2.48. The van der Waals surface area contributed by atoms with Crippen molar-refractivity contribution in [1.82, 2.24) is 19.4 Å². The fraction of sp³-hybridized carbons (Fsp3) is 0.300.